The van der Waals surface area contributed by atoms with Crippen molar-refractivity contribution in [2.45, 2.75) is 12.6 Å². The largest absolute Gasteiger partial charge is 0.496 e. The fourth-order valence-corrected chi connectivity index (χ4v) is 2.75. The lowest BCUT2D eigenvalue weighted by Crippen LogP contribution is -2.30. The highest BCUT2D eigenvalue weighted by Gasteiger charge is 2.24. The van der Waals surface area contributed by atoms with Crippen molar-refractivity contribution in [1.29, 1.82) is 0 Å². The molecule has 5 heteroatoms. The Labute approximate surface area is 99.6 Å². The summed E-state index contributed by atoms with van der Waals surface area (Å²) in [6.07, 6.45) is -0.210. The minimum atomic E-state index is -0.210. The number of nitrogens with one attached hydrogen (secondary N) is 2. The maximum Gasteiger partial charge on any atom is 0.134 e. The maximum absolute atomic E-state index is 9.62. The number of aliphatic hydroxyl groups is 1. The first kappa shape index (κ1) is 11.9. The van der Waals surface area contributed by atoms with E-state index in [2.05, 4.69) is 10.6 Å². The lowest BCUT2D eigenvalue weighted by atomic mass is 10.1. The van der Waals surface area contributed by atoms with Crippen molar-refractivity contribution in [3.05, 3.63) is 16.3 Å². The molecule has 2 atom stereocenters. The molecule has 0 amide bonds. The van der Waals surface area contributed by atoms with Gasteiger partial charge in [-0.15, -0.1) is 11.3 Å². The van der Waals surface area contributed by atoms with E-state index in [1.54, 1.807) is 18.4 Å². The van der Waals surface area contributed by atoms with Crippen molar-refractivity contribution >= 4 is 11.3 Å². The van der Waals surface area contributed by atoms with Crippen LogP contribution >= 0.6 is 11.3 Å². The van der Waals surface area contributed by atoms with Crippen LogP contribution in [0.4, 0.5) is 0 Å². The highest BCUT2D eigenvalue weighted by atomic mass is 32.1. The van der Waals surface area contributed by atoms with Crippen LogP contribution in [0, 0.1) is 5.92 Å². The smallest absolute Gasteiger partial charge is 0.134 e. The summed E-state index contributed by atoms with van der Waals surface area (Å²) in [7, 11) is 1.69. The Hall–Kier alpha value is -0.620. The summed E-state index contributed by atoms with van der Waals surface area (Å²) in [5, 5.41) is 18.2. The van der Waals surface area contributed by atoms with Crippen LogP contribution in [0.3, 0.4) is 0 Å². The number of thiophene rings is 1. The van der Waals surface area contributed by atoms with Gasteiger partial charge in [-0.3, -0.25) is 0 Å². The number of rotatable bonds is 5. The predicted molar refractivity (Wildman–Crippen MR) is 64.9 cm³/mol. The summed E-state index contributed by atoms with van der Waals surface area (Å²) in [4.78, 5) is 1.21. The molecule has 1 aliphatic heterocycles. The zero-order chi connectivity index (χ0) is 11.4. The quantitative estimate of drug-likeness (QED) is 0.701. The molecule has 2 rings (SSSR count). The molecule has 1 aromatic rings. The second kappa shape index (κ2) is 5.63. The molecule has 1 aliphatic rings. The van der Waals surface area contributed by atoms with Gasteiger partial charge >= 0.3 is 0 Å². The minimum absolute atomic E-state index is 0.210. The Bertz CT molecular complexity index is 330. The van der Waals surface area contributed by atoms with E-state index in [1.165, 1.54) is 4.88 Å². The van der Waals surface area contributed by atoms with Crippen LogP contribution in [0.2, 0.25) is 0 Å². The molecular formula is C11H18N2O2S. The van der Waals surface area contributed by atoms with Gasteiger partial charge in [-0.25, -0.2) is 0 Å². The summed E-state index contributed by atoms with van der Waals surface area (Å²) in [5.74, 6) is 1.27. The molecule has 4 nitrogen and oxygen atoms in total. The standard InChI is InChI=1S/C11H18N2O2S/c1-15-10-2-3-16-11(10)7-13-5-8-4-12-6-9(8)14/h2-3,8-9,12-14H,4-7H2,1H3. The second-order valence-corrected chi connectivity index (χ2v) is 5.03. The summed E-state index contributed by atoms with van der Waals surface area (Å²) >= 11 is 1.69. The number of hydrogen-bond donors (Lipinski definition) is 3. The lowest BCUT2D eigenvalue weighted by Gasteiger charge is -2.13. The van der Waals surface area contributed by atoms with Crippen molar-refractivity contribution in [3.63, 3.8) is 0 Å². The average molecular weight is 242 g/mol. The molecule has 1 fully saturated rings. The molecule has 0 radical (unpaired) electrons. The Morgan fingerprint density at radius 2 is 2.50 bits per heavy atom. The van der Waals surface area contributed by atoms with E-state index in [-0.39, 0.29) is 6.10 Å². The van der Waals surface area contributed by atoms with E-state index in [0.29, 0.717) is 12.5 Å². The van der Waals surface area contributed by atoms with Crippen molar-refractivity contribution in [1.82, 2.24) is 10.6 Å². The molecule has 0 spiro atoms. The second-order valence-electron chi connectivity index (χ2n) is 4.03. The Balaban J connectivity index is 1.75. The van der Waals surface area contributed by atoms with Crippen molar-refractivity contribution in [2.24, 2.45) is 5.92 Å². The van der Waals surface area contributed by atoms with Crippen molar-refractivity contribution in [3.8, 4) is 5.75 Å². The van der Waals surface area contributed by atoms with Crippen LogP contribution in [0.25, 0.3) is 0 Å². The third kappa shape index (κ3) is 2.74. The van der Waals surface area contributed by atoms with Gasteiger partial charge in [0, 0.05) is 32.1 Å². The van der Waals surface area contributed by atoms with Crippen LogP contribution < -0.4 is 15.4 Å². The van der Waals surface area contributed by atoms with Gasteiger partial charge in [0.25, 0.3) is 0 Å². The van der Waals surface area contributed by atoms with Crippen LogP contribution in [0.5, 0.6) is 5.75 Å². The van der Waals surface area contributed by atoms with E-state index in [9.17, 15) is 5.11 Å². The first-order valence-electron chi connectivity index (χ1n) is 5.51. The molecule has 1 aromatic heterocycles. The summed E-state index contributed by atoms with van der Waals surface area (Å²) in [6.45, 7) is 3.27. The van der Waals surface area contributed by atoms with Gasteiger partial charge in [-0.2, -0.15) is 0 Å². The number of methoxy groups -OCH3 is 1. The van der Waals surface area contributed by atoms with Gasteiger partial charge < -0.3 is 20.5 Å². The molecule has 0 bridgehead atoms. The first-order valence-corrected chi connectivity index (χ1v) is 6.39. The van der Waals surface area contributed by atoms with E-state index in [0.717, 1.165) is 25.4 Å². The fraction of sp³-hybridized carbons (Fsp3) is 0.636. The van der Waals surface area contributed by atoms with Gasteiger partial charge in [-0.1, -0.05) is 0 Å². The molecular weight excluding hydrogens is 224 g/mol. The van der Waals surface area contributed by atoms with Gasteiger partial charge in [0.15, 0.2) is 0 Å². The molecule has 16 heavy (non-hydrogen) atoms. The van der Waals surface area contributed by atoms with Gasteiger partial charge in [-0.05, 0) is 11.4 Å². The van der Waals surface area contributed by atoms with E-state index < -0.39 is 0 Å². The molecule has 0 aromatic carbocycles. The number of hydrogen-bond acceptors (Lipinski definition) is 5. The van der Waals surface area contributed by atoms with Gasteiger partial charge in [0.2, 0.25) is 0 Å². The zero-order valence-corrected chi connectivity index (χ0v) is 10.2. The first-order chi connectivity index (χ1) is 7.81. The molecule has 2 heterocycles. The maximum atomic E-state index is 9.62. The summed E-state index contributed by atoms with van der Waals surface area (Å²) < 4.78 is 5.24. The Morgan fingerprint density at radius 1 is 1.62 bits per heavy atom. The van der Waals surface area contributed by atoms with Crippen molar-refractivity contribution < 1.29 is 9.84 Å². The minimum Gasteiger partial charge on any atom is -0.496 e. The predicted octanol–water partition coefficient (Wildman–Crippen LogP) is 0.427. The molecule has 0 aliphatic carbocycles. The molecule has 2 unspecified atom stereocenters. The van der Waals surface area contributed by atoms with Gasteiger partial charge in [0.1, 0.15) is 5.75 Å². The third-order valence-electron chi connectivity index (χ3n) is 2.92. The third-order valence-corrected chi connectivity index (χ3v) is 3.82. The molecule has 1 saturated heterocycles. The Kier molecular flexibility index (Phi) is 4.17. The molecule has 90 valence electrons. The number of ether oxygens (including phenoxy) is 1. The number of β-amino-alcohol motifs (C(OH)–C–C–N with tert-alkyl or cyclic N) is 1. The highest BCUT2D eigenvalue weighted by molar-refractivity contribution is 7.10. The SMILES string of the molecule is COc1ccsc1CNCC1CNCC1O. The van der Waals surface area contributed by atoms with Crippen LogP contribution in [-0.2, 0) is 6.54 Å². The molecule has 0 saturated carbocycles. The van der Waals surface area contributed by atoms with Crippen molar-refractivity contribution in [2.75, 3.05) is 26.7 Å². The van der Waals surface area contributed by atoms with E-state index in [4.69, 9.17) is 4.74 Å². The van der Waals surface area contributed by atoms with Crippen LogP contribution in [-0.4, -0.2) is 38.0 Å². The van der Waals surface area contributed by atoms with E-state index in [1.807, 2.05) is 11.4 Å². The van der Waals surface area contributed by atoms with E-state index >= 15 is 0 Å². The molecule has 3 N–H and O–H groups in total. The average Bonchev–Trinajstić information content (AvgIpc) is 2.88. The monoisotopic (exact) mass is 242 g/mol. The lowest BCUT2D eigenvalue weighted by molar-refractivity contribution is 0.146. The number of aliphatic hydroxyl groups excluding tert-OH is 1. The normalized spacial score (nSPS) is 24.9. The summed E-state index contributed by atoms with van der Waals surface area (Å²) in [5.41, 5.74) is 0. The van der Waals surface area contributed by atoms with Crippen LogP contribution in [0.1, 0.15) is 4.88 Å². The highest BCUT2D eigenvalue weighted by Crippen LogP contribution is 2.24. The Morgan fingerprint density at radius 3 is 3.19 bits per heavy atom. The van der Waals surface area contributed by atoms with Gasteiger partial charge in [0.05, 0.1) is 18.1 Å². The fourth-order valence-electron chi connectivity index (χ4n) is 1.94. The zero-order valence-electron chi connectivity index (χ0n) is 9.40. The van der Waals surface area contributed by atoms with Crippen LogP contribution in [0.15, 0.2) is 11.4 Å². The summed E-state index contributed by atoms with van der Waals surface area (Å²) in [6, 6.07) is 1.98. The topological polar surface area (TPSA) is 53.5 Å².